The molecule has 0 aromatic heterocycles. The minimum absolute atomic E-state index is 0.132. The molecule has 1 heterocycles. The van der Waals surface area contributed by atoms with Gasteiger partial charge in [0.1, 0.15) is 0 Å². The van der Waals surface area contributed by atoms with Gasteiger partial charge in [0.15, 0.2) is 0 Å². The summed E-state index contributed by atoms with van der Waals surface area (Å²) in [6, 6.07) is 0. The fourth-order valence-corrected chi connectivity index (χ4v) is 2.78. The van der Waals surface area contributed by atoms with Crippen molar-refractivity contribution < 1.29 is 9.53 Å². The molecule has 5 heteroatoms. The number of hydrogen-bond acceptors (Lipinski definition) is 4. The summed E-state index contributed by atoms with van der Waals surface area (Å²) < 4.78 is 5.80. The third-order valence-corrected chi connectivity index (χ3v) is 4.50. The smallest absolute Gasteiger partial charge is 0.232 e. The fraction of sp³-hybridized carbons (Fsp3) is 0.933. The summed E-state index contributed by atoms with van der Waals surface area (Å²) in [6.07, 6.45) is 2.44. The third kappa shape index (κ3) is 7.50. The van der Waals surface area contributed by atoms with Crippen LogP contribution in [0, 0.1) is 0 Å². The van der Waals surface area contributed by atoms with E-state index in [2.05, 4.69) is 25.7 Å². The van der Waals surface area contributed by atoms with E-state index in [-0.39, 0.29) is 16.8 Å². The Morgan fingerprint density at radius 3 is 2.50 bits per heavy atom. The van der Waals surface area contributed by atoms with Crippen LogP contribution < -0.4 is 0 Å². The predicted octanol–water partition coefficient (Wildman–Crippen LogP) is 2.09. The van der Waals surface area contributed by atoms with Crippen LogP contribution >= 0.6 is 11.8 Å². The van der Waals surface area contributed by atoms with E-state index in [1.807, 2.05) is 19.0 Å². The lowest BCUT2D eigenvalue weighted by molar-refractivity contribution is -0.130. The summed E-state index contributed by atoms with van der Waals surface area (Å²) >= 11 is 1.72. The molecule has 1 unspecified atom stereocenters. The fourth-order valence-electron chi connectivity index (χ4n) is 2.04. The highest BCUT2D eigenvalue weighted by Crippen LogP contribution is 2.23. The Bertz CT molecular complexity index is 297. The average molecular weight is 302 g/mol. The molecule has 1 aliphatic rings. The molecule has 20 heavy (non-hydrogen) atoms. The second kappa shape index (κ2) is 8.25. The third-order valence-electron chi connectivity index (χ3n) is 3.25. The van der Waals surface area contributed by atoms with Crippen molar-refractivity contribution in [3.63, 3.8) is 0 Å². The number of carbonyl (C=O) groups excluding carboxylic acids is 1. The Morgan fingerprint density at radius 2 is 2.00 bits per heavy atom. The molecule has 118 valence electrons. The van der Waals surface area contributed by atoms with Crippen molar-refractivity contribution in [2.75, 3.05) is 46.1 Å². The molecular weight excluding hydrogens is 272 g/mol. The van der Waals surface area contributed by atoms with E-state index >= 15 is 0 Å². The van der Waals surface area contributed by atoms with Gasteiger partial charge in [-0.3, -0.25) is 4.79 Å². The van der Waals surface area contributed by atoms with E-state index in [0.29, 0.717) is 5.75 Å². The van der Waals surface area contributed by atoms with Gasteiger partial charge in [0.05, 0.1) is 11.9 Å². The largest absolute Gasteiger partial charge is 0.376 e. The minimum atomic E-state index is 0.132. The van der Waals surface area contributed by atoms with Crippen molar-refractivity contribution in [1.29, 1.82) is 0 Å². The number of hydrogen-bond donors (Lipinski definition) is 0. The maximum Gasteiger partial charge on any atom is 0.232 e. The summed E-state index contributed by atoms with van der Waals surface area (Å²) in [5.74, 6) is 0.797. The summed E-state index contributed by atoms with van der Waals surface area (Å²) in [5, 5.41) is 0. The molecule has 1 amide bonds. The first kappa shape index (κ1) is 17.8. The van der Waals surface area contributed by atoms with Gasteiger partial charge in [-0.15, -0.1) is 11.8 Å². The van der Waals surface area contributed by atoms with Crippen LogP contribution in [-0.2, 0) is 9.53 Å². The van der Waals surface area contributed by atoms with E-state index in [9.17, 15) is 4.79 Å². The molecule has 4 nitrogen and oxygen atoms in total. The molecule has 1 rings (SSSR count). The van der Waals surface area contributed by atoms with Crippen LogP contribution in [0.15, 0.2) is 0 Å². The van der Waals surface area contributed by atoms with Gasteiger partial charge < -0.3 is 14.5 Å². The molecule has 0 bridgehead atoms. The Hall–Kier alpha value is -0.260. The van der Waals surface area contributed by atoms with Crippen molar-refractivity contribution in [1.82, 2.24) is 9.80 Å². The Morgan fingerprint density at radius 1 is 1.30 bits per heavy atom. The van der Waals surface area contributed by atoms with Gasteiger partial charge in [0.25, 0.3) is 0 Å². The van der Waals surface area contributed by atoms with Crippen molar-refractivity contribution in [2.45, 2.75) is 44.5 Å². The normalized spacial score (nSPS) is 19.6. The van der Waals surface area contributed by atoms with Gasteiger partial charge in [-0.05, 0) is 26.9 Å². The first-order chi connectivity index (χ1) is 9.28. The van der Waals surface area contributed by atoms with Gasteiger partial charge in [-0.2, -0.15) is 0 Å². The van der Waals surface area contributed by atoms with Gasteiger partial charge >= 0.3 is 0 Å². The van der Waals surface area contributed by atoms with Crippen LogP contribution in [0.4, 0.5) is 0 Å². The van der Waals surface area contributed by atoms with Crippen LogP contribution in [-0.4, -0.2) is 72.6 Å². The highest BCUT2D eigenvalue weighted by Gasteiger charge is 2.23. The van der Waals surface area contributed by atoms with E-state index < -0.39 is 0 Å². The number of amides is 1. The minimum Gasteiger partial charge on any atom is -0.376 e. The number of carbonyl (C=O) groups is 1. The predicted molar refractivity (Wildman–Crippen MR) is 86.3 cm³/mol. The van der Waals surface area contributed by atoms with Crippen LogP contribution in [0.2, 0.25) is 0 Å². The molecule has 0 N–H and O–H groups in total. The van der Waals surface area contributed by atoms with Gasteiger partial charge in [0, 0.05) is 31.0 Å². The first-order valence-corrected chi connectivity index (χ1v) is 8.44. The average Bonchev–Trinajstić information content (AvgIpc) is 2.83. The summed E-state index contributed by atoms with van der Waals surface area (Å²) in [6.45, 7) is 9.73. The lowest BCUT2D eigenvalue weighted by atomic mass is 10.2. The Balaban J connectivity index is 2.48. The number of likely N-dealkylation sites (N-methyl/N-ethyl adjacent to an activating group) is 1. The molecule has 0 aliphatic carbocycles. The topological polar surface area (TPSA) is 32.8 Å². The molecule has 1 atom stereocenters. The zero-order valence-corrected chi connectivity index (χ0v) is 14.5. The number of nitrogens with zero attached hydrogens (tertiary/aromatic N) is 2. The zero-order chi connectivity index (χ0) is 15.2. The highest BCUT2D eigenvalue weighted by atomic mass is 32.2. The number of rotatable bonds is 7. The maximum absolute atomic E-state index is 12.4. The van der Waals surface area contributed by atoms with Crippen LogP contribution in [0.25, 0.3) is 0 Å². The molecule has 1 fully saturated rings. The number of thioether (sulfide) groups is 1. The van der Waals surface area contributed by atoms with E-state index in [1.165, 1.54) is 0 Å². The summed E-state index contributed by atoms with van der Waals surface area (Å²) in [5.41, 5.74) is 0. The van der Waals surface area contributed by atoms with Crippen molar-refractivity contribution in [3.05, 3.63) is 0 Å². The molecular formula is C15H30N2O2S. The van der Waals surface area contributed by atoms with E-state index in [4.69, 9.17) is 4.74 Å². The Kier molecular flexibility index (Phi) is 7.34. The second-order valence-corrected chi connectivity index (χ2v) is 8.48. The zero-order valence-electron chi connectivity index (χ0n) is 13.6. The number of ether oxygens (including phenoxy) is 1. The molecule has 1 aliphatic heterocycles. The maximum atomic E-state index is 12.4. The second-order valence-electron chi connectivity index (χ2n) is 6.68. The molecule has 0 aromatic rings. The summed E-state index contributed by atoms with van der Waals surface area (Å²) in [4.78, 5) is 16.5. The SMILES string of the molecule is CN(C)CCN(CC1CCCO1)C(=O)CSC(C)(C)C. The first-order valence-electron chi connectivity index (χ1n) is 7.46. The van der Waals surface area contributed by atoms with Crippen LogP contribution in [0.3, 0.4) is 0 Å². The monoisotopic (exact) mass is 302 g/mol. The lowest BCUT2D eigenvalue weighted by Crippen LogP contribution is -2.42. The van der Waals surface area contributed by atoms with Gasteiger partial charge in [0.2, 0.25) is 5.91 Å². The molecule has 0 spiro atoms. The summed E-state index contributed by atoms with van der Waals surface area (Å²) in [7, 11) is 4.08. The van der Waals surface area contributed by atoms with Gasteiger partial charge in [-0.1, -0.05) is 20.8 Å². The van der Waals surface area contributed by atoms with Crippen LogP contribution in [0.5, 0.6) is 0 Å². The molecule has 0 aromatic carbocycles. The highest BCUT2D eigenvalue weighted by molar-refractivity contribution is 8.01. The van der Waals surface area contributed by atoms with Gasteiger partial charge in [-0.25, -0.2) is 0 Å². The van der Waals surface area contributed by atoms with Crippen molar-refractivity contribution in [2.24, 2.45) is 0 Å². The quantitative estimate of drug-likeness (QED) is 0.721. The Labute approximate surface area is 128 Å². The van der Waals surface area contributed by atoms with Crippen molar-refractivity contribution >= 4 is 17.7 Å². The molecule has 0 radical (unpaired) electrons. The van der Waals surface area contributed by atoms with Crippen molar-refractivity contribution in [3.8, 4) is 0 Å². The van der Waals surface area contributed by atoms with Crippen LogP contribution in [0.1, 0.15) is 33.6 Å². The molecule has 1 saturated heterocycles. The standard InChI is InChI=1S/C15H30N2O2S/c1-15(2,3)20-12-14(18)17(9-8-16(4)5)11-13-7-6-10-19-13/h13H,6-12H2,1-5H3. The lowest BCUT2D eigenvalue weighted by Gasteiger charge is -2.28. The van der Waals surface area contributed by atoms with E-state index in [0.717, 1.165) is 39.1 Å². The van der Waals surface area contributed by atoms with E-state index in [1.54, 1.807) is 11.8 Å². The molecule has 0 saturated carbocycles.